The van der Waals surface area contributed by atoms with Crippen molar-refractivity contribution in [1.29, 1.82) is 0 Å². The fourth-order valence-electron chi connectivity index (χ4n) is 2.79. The molecule has 1 unspecified atom stereocenters. The first-order chi connectivity index (χ1) is 11.5. The number of para-hydroxylation sites is 3. The number of anilines is 2. The maximum atomic E-state index is 12.8. The molecular weight excluding hydrogens is 304 g/mol. The summed E-state index contributed by atoms with van der Waals surface area (Å²) >= 11 is 0. The van der Waals surface area contributed by atoms with Crippen LogP contribution in [0.4, 0.5) is 11.4 Å². The minimum absolute atomic E-state index is 0.00392. The number of hydrogen-bond acceptors (Lipinski definition) is 3. The number of benzene rings is 2. The molecule has 124 valence electrons. The lowest BCUT2D eigenvalue weighted by Gasteiger charge is -2.25. The van der Waals surface area contributed by atoms with Crippen LogP contribution in [0.3, 0.4) is 0 Å². The molecule has 5 heteroatoms. The lowest BCUT2D eigenvalue weighted by molar-refractivity contribution is -0.123. The van der Waals surface area contributed by atoms with Gasteiger partial charge in [0.1, 0.15) is 5.75 Å². The third-order valence-corrected chi connectivity index (χ3v) is 3.82. The number of hydrogen-bond donors (Lipinski definition) is 2. The van der Waals surface area contributed by atoms with Crippen molar-refractivity contribution in [3.63, 3.8) is 0 Å². The largest absolute Gasteiger partial charge is 0.489 e. The number of ether oxygens (including phenoxy) is 1. The summed E-state index contributed by atoms with van der Waals surface area (Å²) in [4.78, 5) is 24.7. The van der Waals surface area contributed by atoms with Crippen molar-refractivity contribution in [1.82, 2.24) is 0 Å². The van der Waals surface area contributed by atoms with Crippen LogP contribution >= 0.6 is 0 Å². The first kappa shape index (κ1) is 16.1. The van der Waals surface area contributed by atoms with Crippen LogP contribution in [0.25, 0.3) is 0 Å². The van der Waals surface area contributed by atoms with Crippen molar-refractivity contribution in [3.05, 3.63) is 54.1 Å². The fourth-order valence-corrected chi connectivity index (χ4v) is 2.79. The molecule has 1 heterocycles. The Morgan fingerprint density at radius 1 is 1.17 bits per heavy atom. The number of amides is 2. The molecule has 2 aromatic rings. The molecule has 0 saturated carbocycles. The summed E-state index contributed by atoms with van der Waals surface area (Å²) in [5.41, 5.74) is 2.14. The molecule has 1 aliphatic rings. The Balaban J connectivity index is 1.85. The Labute approximate surface area is 141 Å². The van der Waals surface area contributed by atoms with E-state index < -0.39 is 5.92 Å². The van der Waals surface area contributed by atoms with Crippen molar-refractivity contribution >= 4 is 23.2 Å². The Hall–Kier alpha value is -2.82. The van der Waals surface area contributed by atoms with E-state index in [1.165, 1.54) is 0 Å². The van der Waals surface area contributed by atoms with Gasteiger partial charge in [0.25, 0.3) is 0 Å². The molecule has 2 aromatic carbocycles. The third-order valence-electron chi connectivity index (χ3n) is 3.82. The lowest BCUT2D eigenvalue weighted by Crippen LogP contribution is -2.30. The van der Waals surface area contributed by atoms with E-state index in [9.17, 15) is 9.59 Å². The highest BCUT2D eigenvalue weighted by atomic mass is 16.5. The van der Waals surface area contributed by atoms with Crippen LogP contribution in [0, 0.1) is 0 Å². The Morgan fingerprint density at radius 3 is 2.67 bits per heavy atom. The van der Waals surface area contributed by atoms with Crippen molar-refractivity contribution in [2.45, 2.75) is 32.3 Å². The topological polar surface area (TPSA) is 67.4 Å². The summed E-state index contributed by atoms with van der Waals surface area (Å²) in [6.45, 7) is 3.86. The van der Waals surface area contributed by atoms with Gasteiger partial charge in [-0.15, -0.1) is 0 Å². The van der Waals surface area contributed by atoms with E-state index in [1.807, 2.05) is 56.3 Å². The first-order valence-corrected chi connectivity index (χ1v) is 8.00. The van der Waals surface area contributed by atoms with E-state index >= 15 is 0 Å². The second-order valence-electron chi connectivity index (χ2n) is 6.04. The number of carbonyl (C=O) groups is 2. The van der Waals surface area contributed by atoms with Gasteiger partial charge in [-0.2, -0.15) is 0 Å². The van der Waals surface area contributed by atoms with Gasteiger partial charge in [0.05, 0.1) is 17.7 Å². The quantitative estimate of drug-likeness (QED) is 0.904. The minimum atomic E-state index is -0.512. The molecule has 0 fully saturated rings. The van der Waals surface area contributed by atoms with Crippen molar-refractivity contribution < 1.29 is 14.3 Å². The molecule has 0 radical (unpaired) electrons. The highest BCUT2D eigenvalue weighted by molar-refractivity contribution is 6.05. The van der Waals surface area contributed by atoms with Gasteiger partial charge in [-0.25, -0.2) is 0 Å². The Bertz CT molecular complexity index is 771. The number of nitrogens with one attached hydrogen (secondary N) is 2. The lowest BCUT2D eigenvalue weighted by atomic mass is 9.90. The predicted molar refractivity (Wildman–Crippen MR) is 93.3 cm³/mol. The van der Waals surface area contributed by atoms with Crippen LogP contribution in [0.1, 0.15) is 31.7 Å². The van der Waals surface area contributed by atoms with E-state index in [0.29, 0.717) is 17.1 Å². The smallest absolute Gasteiger partial charge is 0.232 e. The van der Waals surface area contributed by atoms with Gasteiger partial charge in [0.15, 0.2) is 0 Å². The van der Waals surface area contributed by atoms with E-state index in [0.717, 1.165) is 5.56 Å². The van der Waals surface area contributed by atoms with Crippen LogP contribution in [0.2, 0.25) is 0 Å². The molecule has 5 nitrogen and oxygen atoms in total. The van der Waals surface area contributed by atoms with Crippen molar-refractivity contribution in [3.8, 4) is 5.75 Å². The molecule has 0 aliphatic carbocycles. The number of rotatable bonds is 4. The average molecular weight is 324 g/mol. The highest BCUT2D eigenvalue weighted by Gasteiger charge is 2.30. The molecule has 2 N–H and O–H groups in total. The number of carbonyl (C=O) groups excluding carboxylic acids is 2. The highest BCUT2D eigenvalue weighted by Crippen LogP contribution is 2.34. The summed E-state index contributed by atoms with van der Waals surface area (Å²) in [7, 11) is 0. The second kappa shape index (κ2) is 6.74. The first-order valence-electron chi connectivity index (χ1n) is 8.00. The van der Waals surface area contributed by atoms with Gasteiger partial charge in [-0.3, -0.25) is 9.59 Å². The van der Waals surface area contributed by atoms with Crippen LogP contribution in [0.15, 0.2) is 48.5 Å². The Kier molecular flexibility index (Phi) is 4.51. The van der Waals surface area contributed by atoms with Crippen LogP contribution in [-0.4, -0.2) is 17.9 Å². The van der Waals surface area contributed by atoms with Gasteiger partial charge < -0.3 is 15.4 Å². The molecule has 3 rings (SSSR count). The maximum Gasteiger partial charge on any atom is 0.232 e. The molecule has 0 aromatic heterocycles. The molecule has 1 atom stereocenters. The third kappa shape index (κ3) is 3.40. The van der Waals surface area contributed by atoms with Crippen molar-refractivity contribution in [2.24, 2.45) is 0 Å². The van der Waals surface area contributed by atoms with Gasteiger partial charge in [-0.05, 0) is 37.6 Å². The molecule has 0 bridgehead atoms. The standard InChI is InChI=1S/C19H20N2O3/c1-12(2)24-17-10-6-5-9-16(17)21-19(23)14-11-18(22)20-15-8-4-3-7-13(14)15/h3-10,12,14H,11H2,1-2H3,(H,20,22)(H,21,23). The van der Waals surface area contributed by atoms with E-state index in [4.69, 9.17) is 4.74 Å². The minimum Gasteiger partial charge on any atom is -0.489 e. The van der Waals surface area contributed by atoms with E-state index in [2.05, 4.69) is 10.6 Å². The van der Waals surface area contributed by atoms with E-state index in [-0.39, 0.29) is 24.3 Å². The zero-order valence-corrected chi connectivity index (χ0v) is 13.7. The summed E-state index contributed by atoms with van der Waals surface area (Å²) in [6, 6.07) is 14.7. The predicted octanol–water partition coefficient (Wildman–Crippen LogP) is 3.54. The normalized spacial score (nSPS) is 16.3. The summed E-state index contributed by atoms with van der Waals surface area (Å²) in [5, 5.41) is 5.71. The summed E-state index contributed by atoms with van der Waals surface area (Å²) in [5.74, 6) is -0.255. The molecule has 0 spiro atoms. The monoisotopic (exact) mass is 324 g/mol. The molecule has 0 saturated heterocycles. The molecule has 1 aliphatic heterocycles. The van der Waals surface area contributed by atoms with Crippen LogP contribution in [-0.2, 0) is 9.59 Å². The van der Waals surface area contributed by atoms with Gasteiger partial charge in [-0.1, -0.05) is 30.3 Å². The number of fused-ring (bicyclic) bond motifs is 1. The molecule has 2 amide bonds. The second-order valence-corrected chi connectivity index (χ2v) is 6.04. The van der Waals surface area contributed by atoms with E-state index in [1.54, 1.807) is 6.07 Å². The average Bonchev–Trinajstić information content (AvgIpc) is 2.55. The summed E-state index contributed by atoms with van der Waals surface area (Å²) in [6.07, 6.45) is 0.139. The molecule has 24 heavy (non-hydrogen) atoms. The van der Waals surface area contributed by atoms with Crippen LogP contribution < -0.4 is 15.4 Å². The Morgan fingerprint density at radius 2 is 1.88 bits per heavy atom. The van der Waals surface area contributed by atoms with Gasteiger partial charge in [0, 0.05) is 12.1 Å². The zero-order valence-electron chi connectivity index (χ0n) is 13.7. The molecular formula is C19H20N2O3. The van der Waals surface area contributed by atoms with Crippen LogP contribution in [0.5, 0.6) is 5.75 Å². The summed E-state index contributed by atoms with van der Waals surface area (Å²) < 4.78 is 5.73. The maximum absolute atomic E-state index is 12.8. The van der Waals surface area contributed by atoms with Gasteiger partial charge >= 0.3 is 0 Å². The zero-order chi connectivity index (χ0) is 17.1. The van der Waals surface area contributed by atoms with Gasteiger partial charge in [0.2, 0.25) is 11.8 Å². The SMILES string of the molecule is CC(C)Oc1ccccc1NC(=O)C1CC(=O)Nc2ccccc21. The van der Waals surface area contributed by atoms with Crippen molar-refractivity contribution in [2.75, 3.05) is 10.6 Å². The fraction of sp³-hybridized carbons (Fsp3) is 0.263.